The SMILES string of the molecule is NC1=C(/C=C(\N)Cl)N2CC(OCc3ccccc3)CC2C(=O)N1. The molecule has 2 heterocycles. The van der Waals surface area contributed by atoms with Gasteiger partial charge < -0.3 is 26.4 Å². The van der Waals surface area contributed by atoms with Gasteiger partial charge in [-0.2, -0.15) is 0 Å². The largest absolute Gasteiger partial charge is 0.389 e. The first-order chi connectivity index (χ1) is 11.0. The van der Waals surface area contributed by atoms with E-state index in [1.54, 1.807) is 6.08 Å². The highest BCUT2D eigenvalue weighted by Gasteiger charge is 2.41. The summed E-state index contributed by atoms with van der Waals surface area (Å²) in [5, 5.41) is 2.78. The minimum atomic E-state index is -0.314. The van der Waals surface area contributed by atoms with Crippen LogP contribution in [0.2, 0.25) is 0 Å². The van der Waals surface area contributed by atoms with E-state index >= 15 is 0 Å². The molecule has 2 aliphatic heterocycles. The Morgan fingerprint density at radius 2 is 2.17 bits per heavy atom. The second-order valence-corrected chi connectivity index (χ2v) is 6.08. The molecule has 5 N–H and O–H groups in total. The Morgan fingerprint density at radius 3 is 2.87 bits per heavy atom. The molecule has 6 nitrogen and oxygen atoms in total. The van der Waals surface area contributed by atoms with Gasteiger partial charge in [0.05, 0.1) is 18.4 Å². The number of halogens is 1. The van der Waals surface area contributed by atoms with Crippen molar-refractivity contribution in [3.63, 3.8) is 0 Å². The molecule has 0 saturated carbocycles. The quantitative estimate of drug-likeness (QED) is 0.713. The van der Waals surface area contributed by atoms with Crippen molar-refractivity contribution in [2.45, 2.75) is 25.2 Å². The maximum absolute atomic E-state index is 12.1. The summed E-state index contributed by atoms with van der Waals surface area (Å²) in [5.41, 5.74) is 13.2. The Kier molecular flexibility index (Phi) is 4.45. The Morgan fingerprint density at radius 1 is 1.43 bits per heavy atom. The molecular formula is C16H19ClN4O2. The number of hydrogen-bond acceptors (Lipinski definition) is 5. The van der Waals surface area contributed by atoms with Gasteiger partial charge in [-0.15, -0.1) is 0 Å². The molecule has 23 heavy (non-hydrogen) atoms. The topological polar surface area (TPSA) is 93.6 Å². The first-order valence-corrected chi connectivity index (χ1v) is 7.78. The lowest BCUT2D eigenvalue weighted by atomic mass is 10.1. The van der Waals surface area contributed by atoms with Crippen molar-refractivity contribution >= 4 is 17.5 Å². The number of nitrogens with one attached hydrogen (secondary N) is 1. The highest BCUT2D eigenvalue weighted by molar-refractivity contribution is 6.29. The molecule has 0 bridgehead atoms. The molecule has 1 aromatic rings. The maximum atomic E-state index is 12.1. The molecule has 1 fully saturated rings. The van der Waals surface area contributed by atoms with E-state index in [2.05, 4.69) is 5.32 Å². The Balaban J connectivity index is 1.71. The molecule has 2 atom stereocenters. The number of ether oxygens (including phenoxy) is 1. The Labute approximate surface area is 139 Å². The molecule has 0 radical (unpaired) electrons. The zero-order valence-electron chi connectivity index (χ0n) is 12.5. The van der Waals surface area contributed by atoms with E-state index in [4.69, 9.17) is 27.8 Å². The van der Waals surface area contributed by atoms with Crippen molar-refractivity contribution in [3.8, 4) is 0 Å². The monoisotopic (exact) mass is 334 g/mol. The number of rotatable bonds is 4. The highest BCUT2D eigenvalue weighted by atomic mass is 35.5. The van der Waals surface area contributed by atoms with Gasteiger partial charge in [0.1, 0.15) is 17.0 Å². The van der Waals surface area contributed by atoms with Gasteiger partial charge in [-0.3, -0.25) is 4.79 Å². The number of allylic oxidation sites excluding steroid dienone is 1. The van der Waals surface area contributed by atoms with Crippen LogP contribution in [0.1, 0.15) is 12.0 Å². The summed E-state index contributed by atoms with van der Waals surface area (Å²) in [5.74, 6) is 0.136. The van der Waals surface area contributed by atoms with Gasteiger partial charge in [-0.05, 0) is 11.6 Å². The second kappa shape index (κ2) is 6.52. The fourth-order valence-corrected chi connectivity index (χ4v) is 3.05. The normalized spacial score (nSPS) is 24.7. The van der Waals surface area contributed by atoms with Crippen LogP contribution in [0, 0.1) is 0 Å². The molecular weight excluding hydrogens is 316 g/mol. The second-order valence-electron chi connectivity index (χ2n) is 5.64. The minimum Gasteiger partial charge on any atom is -0.389 e. The van der Waals surface area contributed by atoms with Crippen LogP contribution in [0.15, 0.2) is 53.1 Å². The molecule has 0 aliphatic carbocycles. The van der Waals surface area contributed by atoms with Gasteiger partial charge in [-0.25, -0.2) is 0 Å². The molecule has 1 amide bonds. The molecule has 0 spiro atoms. The van der Waals surface area contributed by atoms with E-state index in [1.165, 1.54) is 0 Å². The van der Waals surface area contributed by atoms with Gasteiger partial charge >= 0.3 is 0 Å². The first-order valence-electron chi connectivity index (χ1n) is 7.40. The number of fused-ring (bicyclic) bond motifs is 1. The van der Waals surface area contributed by atoms with E-state index in [0.717, 1.165) is 5.56 Å². The summed E-state index contributed by atoms with van der Waals surface area (Å²) < 4.78 is 5.95. The number of benzene rings is 1. The van der Waals surface area contributed by atoms with Crippen LogP contribution in [0.4, 0.5) is 0 Å². The molecule has 7 heteroatoms. The molecule has 1 saturated heterocycles. The van der Waals surface area contributed by atoms with E-state index in [-0.39, 0.29) is 29.0 Å². The van der Waals surface area contributed by atoms with E-state index in [1.807, 2.05) is 35.2 Å². The molecule has 0 aromatic heterocycles. The van der Waals surface area contributed by atoms with Crippen LogP contribution in [-0.2, 0) is 16.1 Å². The van der Waals surface area contributed by atoms with Crippen molar-refractivity contribution in [1.29, 1.82) is 0 Å². The lowest BCUT2D eigenvalue weighted by molar-refractivity contribution is -0.125. The van der Waals surface area contributed by atoms with E-state index < -0.39 is 0 Å². The lowest BCUT2D eigenvalue weighted by Gasteiger charge is -2.32. The third-order valence-electron chi connectivity index (χ3n) is 4.01. The first kappa shape index (κ1) is 15.7. The molecule has 1 aromatic carbocycles. The molecule has 3 rings (SSSR count). The summed E-state index contributed by atoms with van der Waals surface area (Å²) in [4.78, 5) is 14.0. The van der Waals surface area contributed by atoms with Gasteiger partial charge in [0.15, 0.2) is 0 Å². The number of carbonyl (C=O) groups excluding carboxylic acids is 1. The molecule has 2 unspecified atom stereocenters. The lowest BCUT2D eigenvalue weighted by Crippen LogP contribution is -2.50. The number of hydrogen-bond donors (Lipinski definition) is 3. The third-order valence-corrected chi connectivity index (χ3v) is 4.12. The number of nitrogens with zero attached hydrogens (tertiary/aromatic N) is 1. The number of amides is 1. The smallest absolute Gasteiger partial charge is 0.248 e. The van der Waals surface area contributed by atoms with Crippen molar-refractivity contribution in [1.82, 2.24) is 10.2 Å². The van der Waals surface area contributed by atoms with Crippen LogP contribution in [0.3, 0.4) is 0 Å². The minimum absolute atomic E-state index is 0.0585. The van der Waals surface area contributed by atoms with E-state index in [0.29, 0.717) is 25.3 Å². The maximum Gasteiger partial charge on any atom is 0.248 e. The molecule has 122 valence electrons. The third kappa shape index (κ3) is 3.43. The average molecular weight is 335 g/mol. The van der Waals surface area contributed by atoms with Gasteiger partial charge in [0, 0.05) is 13.0 Å². The zero-order chi connectivity index (χ0) is 16.4. The fourth-order valence-electron chi connectivity index (χ4n) is 2.95. The predicted molar refractivity (Wildman–Crippen MR) is 87.6 cm³/mol. The average Bonchev–Trinajstić information content (AvgIpc) is 2.95. The molecule has 2 aliphatic rings. The summed E-state index contributed by atoms with van der Waals surface area (Å²) in [7, 11) is 0. The Bertz CT molecular complexity index is 655. The summed E-state index contributed by atoms with van der Waals surface area (Å²) >= 11 is 5.76. The highest BCUT2D eigenvalue weighted by Crippen LogP contribution is 2.29. The number of carbonyl (C=O) groups is 1. The van der Waals surface area contributed by atoms with Crippen LogP contribution in [0.25, 0.3) is 0 Å². The predicted octanol–water partition coefficient (Wildman–Crippen LogP) is 0.943. The van der Waals surface area contributed by atoms with Crippen molar-refractivity contribution in [2.24, 2.45) is 11.5 Å². The Hall–Kier alpha value is -2.18. The van der Waals surface area contributed by atoms with E-state index in [9.17, 15) is 4.79 Å². The summed E-state index contributed by atoms with van der Waals surface area (Å²) in [6, 6.07) is 9.61. The standard InChI is InChI=1S/C16H19ClN4O2/c17-14(18)7-12-15(19)20-16(22)13-6-11(8-21(12)13)23-9-10-4-2-1-3-5-10/h1-5,7,11,13H,6,8-9,18-19H2,(H,20,22)/b14-7-. The summed E-state index contributed by atoms with van der Waals surface area (Å²) in [6.07, 6.45) is 2.10. The van der Waals surface area contributed by atoms with Crippen molar-refractivity contribution in [3.05, 3.63) is 58.6 Å². The fraction of sp³-hybridized carbons (Fsp3) is 0.312. The summed E-state index contributed by atoms with van der Waals surface area (Å²) in [6.45, 7) is 1.08. The van der Waals surface area contributed by atoms with Crippen molar-refractivity contribution in [2.75, 3.05) is 6.54 Å². The van der Waals surface area contributed by atoms with Crippen LogP contribution in [0.5, 0.6) is 0 Å². The van der Waals surface area contributed by atoms with Crippen LogP contribution in [-0.4, -0.2) is 29.5 Å². The van der Waals surface area contributed by atoms with Crippen molar-refractivity contribution < 1.29 is 9.53 Å². The van der Waals surface area contributed by atoms with Crippen LogP contribution < -0.4 is 16.8 Å². The van der Waals surface area contributed by atoms with Crippen LogP contribution >= 0.6 is 11.6 Å². The van der Waals surface area contributed by atoms with Gasteiger partial charge in [-0.1, -0.05) is 41.9 Å². The van der Waals surface area contributed by atoms with Gasteiger partial charge in [0.25, 0.3) is 0 Å². The zero-order valence-corrected chi connectivity index (χ0v) is 13.3. The van der Waals surface area contributed by atoms with Gasteiger partial charge in [0.2, 0.25) is 5.91 Å². The number of nitrogens with two attached hydrogens (primary N) is 2.